The summed E-state index contributed by atoms with van der Waals surface area (Å²) in [6, 6.07) is 0. The summed E-state index contributed by atoms with van der Waals surface area (Å²) >= 11 is 3.83. The largest absolute Gasteiger partial charge is 0.295 e. The summed E-state index contributed by atoms with van der Waals surface area (Å²) in [5, 5.41) is 1.97. The van der Waals surface area contributed by atoms with Crippen LogP contribution in [0.25, 0.3) is 0 Å². The Labute approximate surface area is 64.9 Å². The molecular weight excluding hydrogens is 150 g/mol. The summed E-state index contributed by atoms with van der Waals surface area (Å²) in [7, 11) is 0. The van der Waals surface area contributed by atoms with Crippen LogP contribution in [-0.2, 0) is 9.59 Å². The number of allylic oxidation sites excluding steroid dienone is 1. The molecule has 0 atom stereocenters. The summed E-state index contributed by atoms with van der Waals surface area (Å²) in [6.45, 7) is 1.88. The average molecular weight is 159 g/mol. The Kier molecular flexibility index (Phi) is 4.66. The average Bonchev–Trinajstić information content (AvgIpc) is 1.89. The lowest BCUT2D eigenvalue weighted by molar-refractivity contribution is -0.121. The van der Waals surface area contributed by atoms with Gasteiger partial charge in [0.05, 0.1) is 4.91 Å². The molecule has 4 heteroatoms. The molecular formula is C6H9NO2S. The summed E-state index contributed by atoms with van der Waals surface area (Å²) in [5.41, 5.74) is 0. The highest BCUT2D eigenvalue weighted by Crippen LogP contribution is 2.00. The topological polar surface area (TPSA) is 46.2 Å². The van der Waals surface area contributed by atoms with Gasteiger partial charge in [-0.25, -0.2) is 0 Å². The fraction of sp³-hybridized carbons (Fsp3) is 0.333. The van der Waals surface area contributed by atoms with E-state index in [4.69, 9.17) is 0 Å². The molecule has 0 fully saturated rings. The van der Waals surface area contributed by atoms with Crippen LogP contribution in [0.15, 0.2) is 11.0 Å². The first-order valence-corrected chi connectivity index (χ1v) is 3.30. The number of rotatable bonds is 3. The predicted octanol–water partition coefficient (Wildman–Crippen LogP) is 0.483. The van der Waals surface area contributed by atoms with Crippen molar-refractivity contribution in [1.82, 2.24) is 5.32 Å². The Hall–Kier alpha value is -0.770. The second-order valence-electron chi connectivity index (χ2n) is 1.59. The monoisotopic (exact) mass is 159 g/mol. The minimum absolute atomic E-state index is 0.273. The lowest BCUT2D eigenvalue weighted by Crippen LogP contribution is -2.20. The van der Waals surface area contributed by atoms with E-state index in [0.717, 1.165) is 6.42 Å². The second kappa shape index (κ2) is 5.05. The number of carbonyl (C=O) groups excluding carboxylic acids is 2. The van der Waals surface area contributed by atoms with Crippen LogP contribution in [0.1, 0.15) is 13.3 Å². The van der Waals surface area contributed by atoms with E-state index in [0.29, 0.717) is 6.41 Å². The fourth-order valence-electron chi connectivity index (χ4n) is 0.414. The Balaban J connectivity index is 3.93. The molecule has 1 N–H and O–H groups in total. The molecule has 0 unspecified atom stereocenters. The second-order valence-corrected chi connectivity index (χ2v) is 2.07. The first-order chi connectivity index (χ1) is 4.72. The molecule has 0 saturated carbocycles. The van der Waals surface area contributed by atoms with E-state index in [1.54, 1.807) is 6.08 Å². The van der Waals surface area contributed by atoms with Gasteiger partial charge in [0.15, 0.2) is 0 Å². The molecule has 0 bridgehead atoms. The third kappa shape index (κ3) is 3.29. The summed E-state index contributed by atoms with van der Waals surface area (Å²) in [6.07, 6.45) is 2.69. The van der Waals surface area contributed by atoms with Gasteiger partial charge in [0, 0.05) is 0 Å². The minimum atomic E-state index is -0.458. The predicted molar refractivity (Wildman–Crippen MR) is 41.6 cm³/mol. The third-order valence-corrected chi connectivity index (χ3v) is 1.21. The normalized spacial score (nSPS) is 10.8. The molecule has 0 radical (unpaired) electrons. The maximum absolute atomic E-state index is 10.6. The lowest BCUT2D eigenvalue weighted by Gasteiger charge is -1.94. The molecule has 0 aliphatic carbocycles. The van der Waals surface area contributed by atoms with Gasteiger partial charge in [0.2, 0.25) is 6.41 Å². The van der Waals surface area contributed by atoms with Crippen LogP contribution in [0.5, 0.6) is 0 Å². The SMILES string of the molecule is CC/C=C(/S)C(=O)NC=O. The van der Waals surface area contributed by atoms with Crippen LogP contribution in [0, 0.1) is 0 Å². The zero-order valence-corrected chi connectivity index (χ0v) is 6.52. The van der Waals surface area contributed by atoms with E-state index in [-0.39, 0.29) is 4.91 Å². The van der Waals surface area contributed by atoms with Crippen LogP contribution in [0.2, 0.25) is 0 Å². The van der Waals surface area contributed by atoms with Gasteiger partial charge in [-0.1, -0.05) is 13.0 Å². The van der Waals surface area contributed by atoms with Gasteiger partial charge in [-0.15, -0.1) is 12.6 Å². The van der Waals surface area contributed by atoms with Crippen LogP contribution < -0.4 is 5.32 Å². The summed E-state index contributed by atoms with van der Waals surface area (Å²) in [5.74, 6) is -0.458. The Bertz CT molecular complexity index is 165. The number of hydrogen-bond donors (Lipinski definition) is 2. The molecule has 0 aromatic carbocycles. The molecule has 0 aromatic rings. The number of nitrogens with one attached hydrogen (secondary N) is 1. The van der Waals surface area contributed by atoms with Crippen LogP contribution in [0.4, 0.5) is 0 Å². The summed E-state index contributed by atoms with van der Waals surface area (Å²) in [4.78, 5) is 20.6. The number of hydrogen-bond acceptors (Lipinski definition) is 3. The van der Waals surface area contributed by atoms with Crippen molar-refractivity contribution >= 4 is 24.9 Å². The molecule has 0 saturated heterocycles. The first kappa shape index (κ1) is 9.23. The van der Waals surface area contributed by atoms with E-state index in [1.165, 1.54) is 0 Å². The van der Waals surface area contributed by atoms with Crippen molar-refractivity contribution in [2.45, 2.75) is 13.3 Å². The smallest absolute Gasteiger partial charge is 0.263 e. The Morgan fingerprint density at radius 1 is 1.70 bits per heavy atom. The maximum atomic E-state index is 10.6. The number of amides is 2. The van der Waals surface area contributed by atoms with E-state index in [1.807, 2.05) is 12.2 Å². The molecule has 0 spiro atoms. The van der Waals surface area contributed by atoms with Crippen molar-refractivity contribution in [3.8, 4) is 0 Å². The molecule has 10 heavy (non-hydrogen) atoms. The number of carbonyl (C=O) groups is 2. The maximum Gasteiger partial charge on any atom is 0.263 e. The van der Waals surface area contributed by atoms with Crippen molar-refractivity contribution in [3.63, 3.8) is 0 Å². The van der Waals surface area contributed by atoms with Crippen molar-refractivity contribution in [3.05, 3.63) is 11.0 Å². The van der Waals surface area contributed by atoms with Gasteiger partial charge in [-0.3, -0.25) is 14.9 Å². The van der Waals surface area contributed by atoms with Crippen molar-refractivity contribution in [1.29, 1.82) is 0 Å². The molecule has 3 nitrogen and oxygen atoms in total. The van der Waals surface area contributed by atoms with Gasteiger partial charge < -0.3 is 0 Å². The van der Waals surface area contributed by atoms with Gasteiger partial charge in [0.1, 0.15) is 0 Å². The highest BCUT2D eigenvalue weighted by atomic mass is 32.1. The third-order valence-electron chi connectivity index (χ3n) is 0.820. The van der Waals surface area contributed by atoms with Crippen molar-refractivity contribution < 1.29 is 9.59 Å². The zero-order chi connectivity index (χ0) is 7.98. The van der Waals surface area contributed by atoms with Gasteiger partial charge in [-0.2, -0.15) is 0 Å². The highest BCUT2D eigenvalue weighted by Gasteiger charge is 2.00. The highest BCUT2D eigenvalue weighted by molar-refractivity contribution is 7.85. The van der Waals surface area contributed by atoms with Gasteiger partial charge >= 0.3 is 0 Å². The Morgan fingerprint density at radius 3 is 2.70 bits per heavy atom. The van der Waals surface area contributed by atoms with E-state index >= 15 is 0 Å². The van der Waals surface area contributed by atoms with Crippen molar-refractivity contribution in [2.75, 3.05) is 0 Å². The standard InChI is InChI=1S/C6H9NO2S/c1-2-3-5(10)6(9)7-4-8/h3-4,10H,2H2,1H3,(H,7,8,9)/b5-3+. The number of imide groups is 1. The number of thiol groups is 1. The van der Waals surface area contributed by atoms with Gasteiger partial charge in [0.25, 0.3) is 5.91 Å². The molecule has 0 rings (SSSR count). The molecule has 2 amide bonds. The van der Waals surface area contributed by atoms with Crippen LogP contribution in [0.3, 0.4) is 0 Å². The molecule has 56 valence electrons. The van der Waals surface area contributed by atoms with Gasteiger partial charge in [-0.05, 0) is 6.42 Å². The van der Waals surface area contributed by atoms with E-state index in [9.17, 15) is 9.59 Å². The molecule has 0 aliphatic rings. The fourth-order valence-corrected chi connectivity index (χ4v) is 0.661. The van der Waals surface area contributed by atoms with Crippen LogP contribution in [-0.4, -0.2) is 12.3 Å². The molecule has 0 aliphatic heterocycles. The van der Waals surface area contributed by atoms with E-state index < -0.39 is 5.91 Å². The quantitative estimate of drug-likeness (QED) is 0.357. The molecule has 0 aromatic heterocycles. The van der Waals surface area contributed by atoms with Crippen LogP contribution >= 0.6 is 12.6 Å². The first-order valence-electron chi connectivity index (χ1n) is 2.86. The molecule has 0 heterocycles. The lowest BCUT2D eigenvalue weighted by atomic mass is 10.4. The zero-order valence-electron chi connectivity index (χ0n) is 5.63. The van der Waals surface area contributed by atoms with Crippen molar-refractivity contribution in [2.24, 2.45) is 0 Å². The summed E-state index contributed by atoms with van der Waals surface area (Å²) < 4.78 is 0. The minimum Gasteiger partial charge on any atom is -0.295 e. The van der Waals surface area contributed by atoms with E-state index in [2.05, 4.69) is 12.6 Å². The Morgan fingerprint density at radius 2 is 2.30 bits per heavy atom.